The van der Waals surface area contributed by atoms with E-state index in [4.69, 9.17) is 0 Å². The quantitative estimate of drug-likeness (QED) is 0.662. The number of carbonyl (C=O) groups excluding carboxylic acids is 1. The van der Waals surface area contributed by atoms with E-state index in [1.54, 1.807) is 14.0 Å². The van der Waals surface area contributed by atoms with E-state index in [1.807, 2.05) is 4.90 Å². The van der Waals surface area contributed by atoms with Gasteiger partial charge in [0.05, 0.1) is 6.10 Å². The van der Waals surface area contributed by atoms with Gasteiger partial charge in [0.25, 0.3) is 0 Å². The Morgan fingerprint density at radius 3 is 3.00 bits per heavy atom. The largest absolute Gasteiger partial charge is 0.393 e. The zero-order valence-corrected chi connectivity index (χ0v) is 8.29. The number of carbonyl (C=O) groups is 1. The van der Waals surface area contributed by atoms with Crippen LogP contribution in [0.2, 0.25) is 0 Å². The predicted molar refractivity (Wildman–Crippen MR) is 50.5 cm³/mol. The molecule has 0 bridgehead atoms. The Bertz CT molecular complexity index is 182. The molecular weight excluding hydrogens is 168 g/mol. The molecule has 0 aromatic rings. The molecular formula is C9H18N2O2. The van der Waals surface area contributed by atoms with Crippen LogP contribution in [0.5, 0.6) is 0 Å². The summed E-state index contributed by atoms with van der Waals surface area (Å²) in [5.74, 6) is 0. The molecule has 0 saturated carbocycles. The third-order valence-corrected chi connectivity index (χ3v) is 2.47. The van der Waals surface area contributed by atoms with E-state index in [-0.39, 0.29) is 18.2 Å². The molecule has 2 N–H and O–H groups in total. The van der Waals surface area contributed by atoms with Crippen molar-refractivity contribution in [3.63, 3.8) is 0 Å². The zero-order chi connectivity index (χ0) is 9.84. The average Bonchev–Trinajstić information content (AvgIpc) is 2.50. The lowest BCUT2D eigenvalue weighted by Gasteiger charge is -2.24. The minimum Gasteiger partial charge on any atom is -0.393 e. The summed E-state index contributed by atoms with van der Waals surface area (Å²) in [5.41, 5.74) is 0. The van der Waals surface area contributed by atoms with Gasteiger partial charge in [0.2, 0.25) is 0 Å². The fourth-order valence-corrected chi connectivity index (χ4v) is 1.89. The van der Waals surface area contributed by atoms with Gasteiger partial charge >= 0.3 is 6.03 Å². The van der Waals surface area contributed by atoms with Crippen molar-refractivity contribution in [3.05, 3.63) is 0 Å². The minimum absolute atomic E-state index is 0.0249. The van der Waals surface area contributed by atoms with Crippen molar-refractivity contribution in [2.75, 3.05) is 13.6 Å². The van der Waals surface area contributed by atoms with Gasteiger partial charge in [0.1, 0.15) is 0 Å². The Balaban J connectivity index is 2.48. The summed E-state index contributed by atoms with van der Waals surface area (Å²) < 4.78 is 0. The molecule has 0 aliphatic carbocycles. The average molecular weight is 186 g/mol. The summed E-state index contributed by atoms with van der Waals surface area (Å²) >= 11 is 0. The molecule has 2 amide bonds. The first-order valence-electron chi connectivity index (χ1n) is 4.81. The van der Waals surface area contributed by atoms with Crippen LogP contribution in [0.4, 0.5) is 4.79 Å². The summed E-state index contributed by atoms with van der Waals surface area (Å²) in [7, 11) is 1.64. The first-order chi connectivity index (χ1) is 6.15. The Morgan fingerprint density at radius 2 is 2.46 bits per heavy atom. The van der Waals surface area contributed by atoms with Crippen molar-refractivity contribution in [2.24, 2.45) is 0 Å². The number of urea groups is 1. The van der Waals surface area contributed by atoms with E-state index >= 15 is 0 Å². The van der Waals surface area contributed by atoms with E-state index in [1.165, 1.54) is 0 Å². The second-order valence-electron chi connectivity index (χ2n) is 3.63. The Hall–Kier alpha value is -0.770. The first-order valence-corrected chi connectivity index (χ1v) is 4.81. The monoisotopic (exact) mass is 186 g/mol. The smallest absolute Gasteiger partial charge is 0.317 e. The maximum Gasteiger partial charge on any atom is 0.317 e. The molecule has 1 aliphatic rings. The molecule has 1 aliphatic heterocycles. The molecule has 0 spiro atoms. The van der Waals surface area contributed by atoms with Gasteiger partial charge in [-0.15, -0.1) is 0 Å². The van der Waals surface area contributed by atoms with Crippen LogP contribution in [-0.2, 0) is 0 Å². The van der Waals surface area contributed by atoms with Gasteiger partial charge in [-0.2, -0.15) is 0 Å². The zero-order valence-electron chi connectivity index (χ0n) is 8.29. The molecule has 4 nitrogen and oxygen atoms in total. The van der Waals surface area contributed by atoms with Gasteiger partial charge in [0, 0.05) is 19.6 Å². The van der Waals surface area contributed by atoms with Gasteiger partial charge < -0.3 is 15.3 Å². The maximum absolute atomic E-state index is 11.3. The molecule has 2 unspecified atom stereocenters. The van der Waals surface area contributed by atoms with E-state index in [9.17, 15) is 9.90 Å². The van der Waals surface area contributed by atoms with Crippen molar-refractivity contribution in [3.8, 4) is 0 Å². The highest BCUT2D eigenvalue weighted by Crippen LogP contribution is 2.21. The van der Waals surface area contributed by atoms with Crippen LogP contribution < -0.4 is 5.32 Å². The third kappa shape index (κ3) is 2.59. The van der Waals surface area contributed by atoms with E-state index in [0.29, 0.717) is 6.42 Å². The number of hydrogen-bond acceptors (Lipinski definition) is 2. The predicted octanol–water partition coefficient (Wildman–Crippen LogP) is 0.561. The van der Waals surface area contributed by atoms with Gasteiger partial charge in [-0.05, 0) is 26.2 Å². The summed E-state index contributed by atoms with van der Waals surface area (Å²) in [6.07, 6.45) is 2.42. The summed E-state index contributed by atoms with van der Waals surface area (Å²) in [6, 6.07) is 0.197. The normalized spacial score (nSPS) is 24.5. The molecule has 1 rings (SSSR count). The van der Waals surface area contributed by atoms with Crippen LogP contribution in [0.1, 0.15) is 26.2 Å². The summed E-state index contributed by atoms with van der Waals surface area (Å²) in [5, 5.41) is 11.8. The molecule has 76 valence electrons. The van der Waals surface area contributed by atoms with E-state index < -0.39 is 0 Å². The minimum atomic E-state index is -0.324. The second kappa shape index (κ2) is 4.46. The van der Waals surface area contributed by atoms with Gasteiger partial charge in [-0.25, -0.2) is 4.79 Å². The van der Waals surface area contributed by atoms with Crippen LogP contribution in [0.25, 0.3) is 0 Å². The fourth-order valence-electron chi connectivity index (χ4n) is 1.89. The lowest BCUT2D eigenvalue weighted by molar-refractivity contribution is 0.139. The highest BCUT2D eigenvalue weighted by molar-refractivity contribution is 5.74. The highest BCUT2D eigenvalue weighted by atomic mass is 16.3. The van der Waals surface area contributed by atoms with E-state index in [0.717, 1.165) is 19.4 Å². The Labute approximate surface area is 78.9 Å². The molecule has 1 heterocycles. The molecule has 0 aromatic heterocycles. The molecule has 2 atom stereocenters. The number of amides is 2. The van der Waals surface area contributed by atoms with Crippen molar-refractivity contribution in [2.45, 2.75) is 38.3 Å². The summed E-state index contributed by atoms with van der Waals surface area (Å²) in [4.78, 5) is 13.2. The molecule has 4 heteroatoms. The Kier molecular flexibility index (Phi) is 3.54. The second-order valence-corrected chi connectivity index (χ2v) is 3.63. The van der Waals surface area contributed by atoms with E-state index in [2.05, 4.69) is 5.32 Å². The number of nitrogens with zero attached hydrogens (tertiary/aromatic N) is 1. The summed E-state index contributed by atoms with van der Waals surface area (Å²) in [6.45, 7) is 2.58. The topological polar surface area (TPSA) is 52.6 Å². The van der Waals surface area contributed by atoms with Crippen LogP contribution >= 0.6 is 0 Å². The van der Waals surface area contributed by atoms with Gasteiger partial charge in [-0.1, -0.05) is 0 Å². The van der Waals surface area contributed by atoms with Gasteiger partial charge in [0.15, 0.2) is 0 Å². The lowest BCUT2D eigenvalue weighted by atomic mass is 10.1. The van der Waals surface area contributed by atoms with Crippen LogP contribution in [0.15, 0.2) is 0 Å². The lowest BCUT2D eigenvalue weighted by Crippen LogP contribution is -2.42. The fraction of sp³-hybridized carbons (Fsp3) is 0.889. The Morgan fingerprint density at radius 1 is 1.77 bits per heavy atom. The van der Waals surface area contributed by atoms with Crippen LogP contribution in [0.3, 0.4) is 0 Å². The number of aliphatic hydroxyl groups excluding tert-OH is 1. The standard InChI is InChI=1S/C9H18N2O2/c1-7(12)6-8-4-3-5-11(8)9(13)10-2/h7-8,12H,3-6H2,1-2H3,(H,10,13). The SMILES string of the molecule is CNC(=O)N1CCCC1CC(C)O. The number of likely N-dealkylation sites (tertiary alicyclic amines) is 1. The third-order valence-electron chi connectivity index (χ3n) is 2.47. The van der Waals surface area contributed by atoms with Crippen LogP contribution in [-0.4, -0.2) is 41.8 Å². The van der Waals surface area contributed by atoms with Gasteiger partial charge in [-0.3, -0.25) is 0 Å². The number of hydrogen-bond donors (Lipinski definition) is 2. The van der Waals surface area contributed by atoms with Crippen molar-refractivity contribution < 1.29 is 9.90 Å². The van der Waals surface area contributed by atoms with Crippen molar-refractivity contribution in [1.82, 2.24) is 10.2 Å². The van der Waals surface area contributed by atoms with Crippen LogP contribution in [0, 0.1) is 0 Å². The molecule has 0 radical (unpaired) electrons. The number of nitrogens with one attached hydrogen (secondary N) is 1. The molecule has 1 fully saturated rings. The number of aliphatic hydroxyl groups is 1. The molecule has 0 aromatic carbocycles. The molecule has 13 heavy (non-hydrogen) atoms. The van der Waals surface area contributed by atoms with Crippen molar-refractivity contribution in [1.29, 1.82) is 0 Å². The van der Waals surface area contributed by atoms with Crippen molar-refractivity contribution >= 4 is 6.03 Å². The molecule has 1 saturated heterocycles. The number of rotatable bonds is 2. The highest BCUT2D eigenvalue weighted by Gasteiger charge is 2.28. The first kappa shape index (κ1) is 10.3. The maximum atomic E-state index is 11.3.